The van der Waals surface area contributed by atoms with Crippen molar-refractivity contribution in [3.63, 3.8) is 0 Å². The third-order valence-electron chi connectivity index (χ3n) is 3.38. The van der Waals surface area contributed by atoms with Crippen LogP contribution in [0.4, 0.5) is 0 Å². The van der Waals surface area contributed by atoms with Crippen LogP contribution >= 0.6 is 0 Å². The molecular formula is C19H34O2. The van der Waals surface area contributed by atoms with E-state index in [9.17, 15) is 4.79 Å². The quantitative estimate of drug-likeness (QED) is 0.294. The predicted molar refractivity (Wildman–Crippen MR) is 91.2 cm³/mol. The van der Waals surface area contributed by atoms with E-state index in [0.717, 1.165) is 23.8 Å². The standard InChI is InChI=1S/C19H34O2/c1-15(2)10-9-13-17(5)11-7-8-12-18(6)14-19(20)21-16(3)4/h8,12,14-17H,7,9-11,13H2,1-6H3. The molecule has 21 heavy (non-hydrogen) atoms. The van der Waals surface area contributed by atoms with E-state index < -0.39 is 0 Å². The largest absolute Gasteiger partial charge is 0.460 e. The summed E-state index contributed by atoms with van der Waals surface area (Å²) < 4.78 is 5.08. The highest BCUT2D eigenvalue weighted by molar-refractivity contribution is 5.83. The number of ether oxygens (including phenoxy) is 1. The number of rotatable bonds is 10. The number of carbonyl (C=O) groups is 1. The first-order valence-corrected chi connectivity index (χ1v) is 8.36. The Morgan fingerprint density at radius 2 is 1.71 bits per heavy atom. The molecule has 0 aromatic heterocycles. The molecule has 2 heteroatoms. The van der Waals surface area contributed by atoms with Crippen molar-refractivity contribution in [2.24, 2.45) is 11.8 Å². The third kappa shape index (κ3) is 13.7. The number of esters is 1. The molecule has 0 spiro atoms. The Balaban J connectivity index is 3.89. The summed E-state index contributed by atoms with van der Waals surface area (Å²) >= 11 is 0. The highest BCUT2D eigenvalue weighted by Gasteiger charge is 2.03. The van der Waals surface area contributed by atoms with E-state index in [2.05, 4.69) is 26.8 Å². The van der Waals surface area contributed by atoms with Crippen molar-refractivity contribution in [1.82, 2.24) is 0 Å². The average Bonchev–Trinajstić information content (AvgIpc) is 2.33. The van der Waals surface area contributed by atoms with E-state index in [4.69, 9.17) is 4.74 Å². The van der Waals surface area contributed by atoms with Crippen molar-refractivity contribution < 1.29 is 9.53 Å². The minimum absolute atomic E-state index is 0.0581. The van der Waals surface area contributed by atoms with Crippen LogP contribution in [0.15, 0.2) is 23.8 Å². The molecular weight excluding hydrogens is 260 g/mol. The third-order valence-corrected chi connectivity index (χ3v) is 3.38. The van der Waals surface area contributed by atoms with Gasteiger partial charge in [0, 0.05) is 6.08 Å². The molecule has 0 heterocycles. The zero-order valence-electron chi connectivity index (χ0n) is 14.8. The van der Waals surface area contributed by atoms with Gasteiger partial charge >= 0.3 is 5.97 Å². The lowest BCUT2D eigenvalue weighted by Gasteiger charge is -2.10. The van der Waals surface area contributed by atoms with Crippen LogP contribution in [0, 0.1) is 11.8 Å². The summed E-state index contributed by atoms with van der Waals surface area (Å²) in [5.74, 6) is 1.34. The lowest BCUT2D eigenvalue weighted by molar-refractivity contribution is -0.141. The van der Waals surface area contributed by atoms with Crippen LogP contribution in [0.2, 0.25) is 0 Å². The van der Waals surface area contributed by atoms with Crippen molar-refractivity contribution in [2.75, 3.05) is 0 Å². The van der Waals surface area contributed by atoms with E-state index in [1.807, 2.05) is 26.8 Å². The number of hydrogen-bond acceptors (Lipinski definition) is 2. The topological polar surface area (TPSA) is 26.3 Å². The Bertz CT molecular complexity index is 337. The van der Waals surface area contributed by atoms with Gasteiger partial charge in [0.2, 0.25) is 0 Å². The van der Waals surface area contributed by atoms with Gasteiger partial charge < -0.3 is 4.74 Å². The normalized spacial score (nSPS) is 14.2. The zero-order chi connectivity index (χ0) is 16.3. The van der Waals surface area contributed by atoms with E-state index >= 15 is 0 Å². The summed E-state index contributed by atoms with van der Waals surface area (Å²) in [6, 6.07) is 0. The van der Waals surface area contributed by atoms with Crippen LogP contribution in [-0.2, 0) is 9.53 Å². The summed E-state index contributed by atoms with van der Waals surface area (Å²) in [6.07, 6.45) is 12.0. The maximum absolute atomic E-state index is 11.4. The molecule has 0 radical (unpaired) electrons. The first-order valence-electron chi connectivity index (χ1n) is 8.36. The molecule has 0 saturated carbocycles. The SMILES string of the molecule is CC(C=CCCC(C)CCCC(C)C)=CC(=O)OC(C)C. The number of allylic oxidation sites excluding steroid dienone is 3. The second kappa shape index (κ2) is 11.6. The number of carbonyl (C=O) groups excluding carboxylic acids is 1. The molecule has 0 aliphatic carbocycles. The highest BCUT2D eigenvalue weighted by Crippen LogP contribution is 2.17. The molecule has 0 rings (SSSR count). The van der Waals surface area contributed by atoms with Crippen molar-refractivity contribution >= 4 is 5.97 Å². The van der Waals surface area contributed by atoms with Gasteiger partial charge in [0.15, 0.2) is 0 Å². The van der Waals surface area contributed by atoms with Gasteiger partial charge in [-0.3, -0.25) is 0 Å². The van der Waals surface area contributed by atoms with E-state index in [-0.39, 0.29) is 12.1 Å². The molecule has 0 aliphatic heterocycles. The number of hydrogen-bond donors (Lipinski definition) is 0. The molecule has 0 saturated heterocycles. The molecule has 0 amide bonds. The van der Waals surface area contributed by atoms with Gasteiger partial charge in [-0.15, -0.1) is 0 Å². The van der Waals surface area contributed by atoms with E-state index in [0.29, 0.717) is 0 Å². The van der Waals surface area contributed by atoms with Gasteiger partial charge in [0.05, 0.1) is 6.10 Å². The molecule has 1 atom stereocenters. The van der Waals surface area contributed by atoms with Crippen LogP contribution < -0.4 is 0 Å². The fourth-order valence-corrected chi connectivity index (χ4v) is 2.17. The highest BCUT2D eigenvalue weighted by atomic mass is 16.5. The van der Waals surface area contributed by atoms with Crippen LogP contribution in [0.1, 0.15) is 73.6 Å². The van der Waals surface area contributed by atoms with E-state index in [1.165, 1.54) is 25.7 Å². The summed E-state index contributed by atoms with van der Waals surface area (Å²) in [5, 5.41) is 0. The van der Waals surface area contributed by atoms with Crippen molar-refractivity contribution in [3.8, 4) is 0 Å². The van der Waals surface area contributed by atoms with Crippen molar-refractivity contribution in [2.45, 2.75) is 79.8 Å². The second-order valence-electron chi connectivity index (χ2n) is 6.78. The van der Waals surface area contributed by atoms with Crippen LogP contribution in [0.25, 0.3) is 0 Å². The zero-order valence-corrected chi connectivity index (χ0v) is 14.8. The maximum Gasteiger partial charge on any atom is 0.331 e. The lowest BCUT2D eigenvalue weighted by Crippen LogP contribution is -2.08. The molecule has 0 fully saturated rings. The minimum atomic E-state index is -0.255. The molecule has 1 unspecified atom stereocenters. The van der Waals surface area contributed by atoms with Gasteiger partial charge in [-0.25, -0.2) is 4.79 Å². The fraction of sp³-hybridized carbons (Fsp3) is 0.737. The maximum atomic E-state index is 11.4. The van der Waals surface area contributed by atoms with Gasteiger partial charge in [-0.1, -0.05) is 52.2 Å². The molecule has 2 nitrogen and oxygen atoms in total. The predicted octanol–water partition coefficient (Wildman–Crippen LogP) is 5.68. The summed E-state index contributed by atoms with van der Waals surface area (Å²) in [5.41, 5.74) is 0.952. The van der Waals surface area contributed by atoms with Crippen LogP contribution in [-0.4, -0.2) is 12.1 Å². The second-order valence-corrected chi connectivity index (χ2v) is 6.78. The van der Waals surface area contributed by atoms with Gasteiger partial charge in [0.1, 0.15) is 0 Å². The fourth-order valence-electron chi connectivity index (χ4n) is 2.17. The van der Waals surface area contributed by atoms with Gasteiger partial charge in [-0.2, -0.15) is 0 Å². The first-order chi connectivity index (χ1) is 9.81. The van der Waals surface area contributed by atoms with Crippen molar-refractivity contribution in [1.29, 1.82) is 0 Å². The van der Waals surface area contributed by atoms with E-state index in [1.54, 1.807) is 6.08 Å². The molecule has 122 valence electrons. The van der Waals surface area contributed by atoms with Gasteiger partial charge in [0.25, 0.3) is 0 Å². The van der Waals surface area contributed by atoms with Crippen LogP contribution in [0.5, 0.6) is 0 Å². The Hall–Kier alpha value is -1.05. The monoisotopic (exact) mass is 294 g/mol. The molecule has 0 aromatic rings. The lowest BCUT2D eigenvalue weighted by atomic mass is 9.96. The minimum Gasteiger partial charge on any atom is -0.460 e. The summed E-state index contributed by atoms with van der Waals surface area (Å²) in [7, 11) is 0. The first kappa shape index (κ1) is 19.9. The molecule has 0 aromatic carbocycles. The Labute approximate surface area is 131 Å². The van der Waals surface area contributed by atoms with Crippen molar-refractivity contribution in [3.05, 3.63) is 23.8 Å². The smallest absolute Gasteiger partial charge is 0.331 e. The van der Waals surface area contributed by atoms with Crippen LogP contribution in [0.3, 0.4) is 0 Å². The summed E-state index contributed by atoms with van der Waals surface area (Å²) in [6.45, 7) is 12.6. The molecule has 0 N–H and O–H groups in total. The Kier molecular flexibility index (Phi) is 11.0. The molecule has 0 bridgehead atoms. The Morgan fingerprint density at radius 1 is 1.05 bits per heavy atom. The average molecular weight is 294 g/mol. The molecule has 0 aliphatic rings. The van der Waals surface area contributed by atoms with Gasteiger partial charge in [-0.05, 0) is 51.0 Å². The summed E-state index contributed by atoms with van der Waals surface area (Å²) in [4.78, 5) is 11.4. The Morgan fingerprint density at radius 3 is 2.29 bits per heavy atom.